The SMILES string of the molecule is CCOc1ccc(NN=C(C#N)C(N)=S)cc1. The van der Waals surface area contributed by atoms with Crippen molar-refractivity contribution in [3.63, 3.8) is 0 Å². The molecule has 0 unspecified atom stereocenters. The quantitative estimate of drug-likeness (QED) is 0.470. The molecule has 0 fully saturated rings. The van der Waals surface area contributed by atoms with Crippen LogP contribution in [0.1, 0.15) is 6.92 Å². The Balaban J connectivity index is 2.70. The van der Waals surface area contributed by atoms with Gasteiger partial charge in [-0.2, -0.15) is 10.4 Å². The molecule has 0 aliphatic heterocycles. The monoisotopic (exact) mass is 248 g/mol. The number of hydrazone groups is 1. The zero-order valence-corrected chi connectivity index (χ0v) is 10.1. The van der Waals surface area contributed by atoms with Crippen LogP contribution in [0.25, 0.3) is 0 Å². The Hall–Kier alpha value is -2.13. The van der Waals surface area contributed by atoms with Gasteiger partial charge < -0.3 is 10.5 Å². The van der Waals surface area contributed by atoms with Crippen molar-refractivity contribution >= 4 is 28.6 Å². The number of nitriles is 1. The Morgan fingerprint density at radius 3 is 2.65 bits per heavy atom. The zero-order chi connectivity index (χ0) is 12.7. The van der Waals surface area contributed by atoms with Crippen molar-refractivity contribution in [1.82, 2.24) is 0 Å². The van der Waals surface area contributed by atoms with Crippen molar-refractivity contribution in [3.8, 4) is 11.8 Å². The van der Waals surface area contributed by atoms with Crippen LogP contribution in [-0.4, -0.2) is 17.3 Å². The molecule has 0 aliphatic carbocycles. The number of hydrogen-bond donors (Lipinski definition) is 2. The van der Waals surface area contributed by atoms with E-state index in [2.05, 4.69) is 22.7 Å². The standard InChI is InChI=1S/C11H12N4OS/c1-2-16-9-5-3-8(4-6-9)14-15-10(7-12)11(13)17/h3-6,14H,2H2,1H3,(H2,13,17). The van der Waals surface area contributed by atoms with Crippen LogP contribution < -0.4 is 15.9 Å². The summed E-state index contributed by atoms with van der Waals surface area (Å²) in [6, 6.07) is 8.96. The molecule has 5 nitrogen and oxygen atoms in total. The second-order valence-electron chi connectivity index (χ2n) is 3.01. The topological polar surface area (TPSA) is 83.4 Å². The molecule has 0 bridgehead atoms. The van der Waals surface area contributed by atoms with E-state index in [1.807, 2.05) is 6.92 Å². The lowest BCUT2D eigenvalue weighted by molar-refractivity contribution is 0.340. The molecular formula is C11H12N4OS. The molecular weight excluding hydrogens is 236 g/mol. The number of hydrogen-bond acceptors (Lipinski definition) is 5. The van der Waals surface area contributed by atoms with E-state index in [0.29, 0.717) is 6.61 Å². The van der Waals surface area contributed by atoms with E-state index in [4.69, 9.17) is 15.7 Å². The normalized spacial score (nSPS) is 10.5. The van der Waals surface area contributed by atoms with Crippen molar-refractivity contribution in [3.05, 3.63) is 24.3 Å². The molecule has 0 saturated carbocycles. The Bertz CT molecular complexity index is 461. The lowest BCUT2D eigenvalue weighted by atomic mass is 10.3. The number of benzene rings is 1. The van der Waals surface area contributed by atoms with Crippen molar-refractivity contribution < 1.29 is 4.74 Å². The van der Waals surface area contributed by atoms with Crippen LogP contribution in [0.5, 0.6) is 5.75 Å². The van der Waals surface area contributed by atoms with Crippen LogP contribution >= 0.6 is 12.2 Å². The molecule has 0 radical (unpaired) electrons. The summed E-state index contributed by atoms with van der Waals surface area (Å²) in [4.78, 5) is -0.0362. The smallest absolute Gasteiger partial charge is 0.194 e. The molecule has 1 aromatic carbocycles. The van der Waals surface area contributed by atoms with Crippen molar-refractivity contribution in [2.45, 2.75) is 6.92 Å². The second-order valence-corrected chi connectivity index (χ2v) is 3.45. The zero-order valence-electron chi connectivity index (χ0n) is 9.30. The number of nitrogens with one attached hydrogen (secondary N) is 1. The minimum atomic E-state index is -0.0362. The van der Waals surface area contributed by atoms with Gasteiger partial charge in [-0.3, -0.25) is 5.43 Å². The summed E-state index contributed by atoms with van der Waals surface area (Å²) in [6.07, 6.45) is 0. The maximum atomic E-state index is 8.68. The van der Waals surface area contributed by atoms with E-state index in [1.54, 1.807) is 30.3 Å². The van der Waals surface area contributed by atoms with Crippen LogP contribution in [0.4, 0.5) is 5.69 Å². The fraction of sp³-hybridized carbons (Fsp3) is 0.182. The number of ether oxygens (including phenoxy) is 1. The van der Waals surface area contributed by atoms with Crippen LogP contribution in [0, 0.1) is 11.3 Å². The summed E-state index contributed by atoms with van der Waals surface area (Å²) < 4.78 is 5.29. The minimum Gasteiger partial charge on any atom is -0.494 e. The van der Waals surface area contributed by atoms with Crippen LogP contribution in [-0.2, 0) is 0 Å². The predicted molar refractivity (Wildman–Crippen MR) is 71.1 cm³/mol. The molecule has 0 saturated heterocycles. The summed E-state index contributed by atoms with van der Waals surface area (Å²) in [5.41, 5.74) is 8.70. The van der Waals surface area contributed by atoms with Gasteiger partial charge in [-0.1, -0.05) is 12.2 Å². The third-order valence-electron chi connectivity index (χ3n) is 1.80. The first kappa shape index (κ1) is 12.9. The minimum absolute atomic E-state index is 0.00566. The average Bonchev–Trinajstić information content (AvgIpc) is 2.32. The summed E-state index contributed by atoms with van der Waals surface area (Å²) in [5, 5.41) is 12.5. The van der Waals surface area contributed by atoms with E-state index >= 15 is 0 Å². The number of nitrogens with two attached hydrogens (primary N) is 1. The molecule has 0 spiro atoms. The first-order chi connectivity index (χ1) is 8.17. The fourth-order valence-corrected chi connectivity index (χ4v) is 1.14. The molecule has 0 atom stereocenters. The number of rotatable bonds is 5. The third-order valence-corrected chi connectivity index (χ3v) is 1.99. The first-order valence-corrected chi connectivity index (χ1v) is 5.34. The molecule has 1 aromatic rings. The highest BCUT2D eigenvalue weighted by molar-refractivity contribution is 7.82. The van der Waals surface area contributed by atoms with E-state index < -0.39 is 0 Å². The molecule has 3 N–H and O–H groups in total. The molecule has 1 rings (SSSR count). The van der Waals surface area contributed by atoms with Gasteiger partial charge in [0.05, 0.1) is 12.3 Å². The summed E-state index contributed by atoms with van der Waals surface area (Å²) in [6.45, 7) is 2.53. The number of nitrogens with zero attached hydrogens (tertiary/aromatic N) is 2. The highest BCUT2D eigenvalue weighted by Gasteiger charge is 2.00. The van der Waals surface area contributed by atoms with Gasteiger partial charge in [-0.25, -0.2) is 0 Å². The van der Waals surface area contributed by atoms with Crippen LogP contribution in [0.3, 0.4) is 0 Å². The van der Waals surface area contributed by atoms with Crippen molar-refractivity contribution in [2.75, 3.05) is 12.0 Å². The summed E-state index contributed by atoms with van der Waals surface area (Å²) in [5.74, 6) is 0.775. The van der Waals surface area contributed by atoms with Gasteiger partial charge in [0, 0.05) is 0 Å². The summed E-state index contributed by atoms with van der Waals surface area (Å²) in [7, 11) is 0. The molecule has 6 heteroatoms. The maximum Gasteiger partial charge on any atom is 0.194 e. The van der Waals surface area contributed by atoms with Gasteiger partial charge in [-0.05, 0) is 31.2 Å². The maximum absolute atomic E-state index is 8.68. The van der Waals surface area contributed by atoms with Gasteiger partial charge in [0.15, 0.2) is 5.71 Å². The molecule has 88 valence electrons. The summed E-state index contributed by atoms with van der Waals surface area (Å²) >= 11 is 4.65. The highest BCUT2D eigenvalue weighted by atomic mass is 32.1. The van der Waals surface area contributed by atoms with Crippen molar-refractivity contribution in [1.29, 1.82) is 5.26 Å². The molecule has 17 heavy (non-hydrogen) atoms. The van der Waals surface area contributed by atoms with E-state index in [1.165, 1.54) is 0 Å². The lowest BCUT2D eigenvalue weighted by Crippen LogP contribution is -2.20. The average molecular weight is 248 g/mol. The predicted octanol–water partition coefficient (Wildman–Crippen LogP) is 1.66. The number of thiocarbonyl (C=S) groups is 1. The van der Waals surface area contributed by atoms with Crippen molar-refractivity contribution in [2.24, 2.45) is 10.8 Å². The van der Waals surface area contributed by atoms with E-state index in [0.717, 1.165) is 11.4 Å². The Kier molecular flexibility index (Phi) is 4.91. The van der Waals surface area contributed by atoms with Gasteiger partial charge in [0.25, 0.3) is 0 Å². The molecule has 0 aromatic heterocycles. The fourth-order valence-electron chi connectivity index (χ4n) is 1.05. The Morgan fingerprint density at radius 1 is 1.53 bits per heavy atom. The largest absolute Gasteiger partial charge is 0.494 e. The lowest BCUT2D eigenvalue weighted by Gasteiger charge is -2.04. The van der Waals surface area contributed by atoms with Gasteiger partial charge in [-0.15, -0.1) is 0 Å². The van der Waals surface area contributed by atoms with E-state index in [-0.39, 0.29) is 10.7 Å². The number of anilines is 1. The van der Waals surface area contributed by atoms with Crippen LogP contribution in [0.2, 0.25) is 0 Å². The first-order valence-electron chi connectivity index (χ1n) is 4.93. The van der Waals surface area contributed by atoms with Gasteiger partial charge >= 0.3 is 0 Å². The van der Waals surface area contributed by atoms with Gasteiger partial charge in [0.2, 0.25) is 0 Å². The van der Waals surface area contributed by atoms with Crippen LogP contribution in [0.15, 0.2) is 29.4 Å². The van der Waals surface area contributed by atoms with E-state index in [9.17, 15) is 0 Å². The Morgan fingerprint density at radius 2 is 2.18 bits per heavy atom. The third kappa shape index (κ3) is 4.09. The van der Waals surface area contributed by atoms with Gasteiger partial charge in [0.1, 0.15) is 16.8 Å². The molecule has 0 heterocycles. The molecule has 0 amide bonds. The molecule has 0 aliphatic rings. The second kappa shape index (κ2) is 6.45. The highest BCUT2D eigenvalue weighted by Crippen LogP contribution is 2.15. The Labute approximate surface area is 105 Å².